The van der Waals surface area contributed by atoms with E-state index in [9.17, 15) is 14.8 Å². The minimum absolute atomic E-state index is 0.120. The van der Waals surface area contributed by atoms with E-state index in [0.717, 1.165) is 33.9 Å². The van der Waals surface area contributed by atoms with Crippen molar-refractivity contribution in [2.24, 2.45) is 0 Å². The van der Waals surface area contributed by atoms with Crippen molar-refractivity contribution >= 4 is 17.7 Å². The Kier molecular flexibility index (Phi) is 8.82. The quantitative estimate of drug-likeness (QED) is 0.564. The molecule has 2 aromatic rings. The molecule has 0 aliphatic carbocycles. The van der Waals surface area contributed by atoms with E-state index in [1.54, 1.807) is 0 Å². The number of nitrogens with one attached hydrogen (secondary N) is 2. The van der Waals surface area contributed by atoms with Gasteiger partial charge in [-0.15, -0.1) is 0 Å². The van der Waals surface area contributed by atoms with Gasteiger partial charge in [0.1, 0.15) is 12.8 Å². The van der Waals surface area contributed by atoms with Crippen molar-refractivity contribution in [3.8, 4) is 0 Å². The van der Waals surface area contributed by atoms with Gasteiger partial charge in [0.15, 0.2) is 0 Å². The van der Waals surface area contributed by atoms with Crippen LogP contribution in [0.4, 0.5) is 10.5 Å². The molecule has 0 aromatic heterocycles. The maximum Gasteiger partial charge on any atom is 0.408 e. The molecular weight excluding hydrogens is 420 g/mol. The third-order valence-electron chi connectivity index (χ3n) is 5.93. The monoisotopic (exact) mass is 454 g/mol. The van der Waals surface area contributed by atoms with Crippen LogP contribution in [0.5, 0.6) is 0 Å². The zero-order valence-electron chi connectivity index (χ0n) is 19.6. The third kappa shape index (κ3) is 6.77. The first kappa shape index (κ1) is 24.7. The van der Waals surface area contributed by atoms with E-state index in [0.29, 0.717) is 19.5 Å². The number of amides is 2. The number of nitrogens with zero attached hydrogens (tertiary/aromatic N) is 2. The molecule has 178 valence electrons. The van der Waals surface area contributed by atoms with Gasteiger partial charge in [0, 0.05) is 24.8 Å². The fraction of sp³-hybridized carbons (Fsp3) is 0.440. The normalized spacial score (nSPS) is 19.2. The topological polar surface area (TPSA) is 94.1 Å². The Morgan fingerprint density at radius 3 is 2.42 bits per heavy atom. The van der Waals surface area contributed by atoms with Crippen LogP contribution < -0.4 is 10.6 Å². The molecule has 2 aromatic carbocycles. The molecule has 1 aliphatic rings. The van der Waals surface area contributed by atoms with Gasteiger partial charge in [-0.25, -0.2) is 4.79 Å². The maximum absolute atomic E-state index is 12.9. The lowest BCUT2D eigenvalue weighted by Crippen LogP contribution is -2.65. The van der Waals surface area contributed by atoms with Crippen LogP contribution in [0.25, 0.3) is 0 Å². The van der Waals surface area contributed by atoms with E-state index >= 15 is 0 Å². The van der Waals surface area contributed by atoms with E-state index in [2.05, 4.69) is 10.6 Å². The molecule has 2 amide bonds. The molecule has 33 heavy (non-hydrogen) atoms. The van der Waals surface area contributed by atoms with E-state index in [4.69, 9.17) is 4.74 Å². The summed E-state index contributed by atoms with van der Waals surface area (Å²) in [5.41, 5.74) is 3.73. The molecule has 3 rings (SSSR count). The van der Waals surface area contributed by atoms with Crippen LogP contribution in [0.3, 0.4) is 0 Å². The Morgan fingerprint density at radius 1 is 1.06 bits per heavy atom. The highest BCUT2D eigenvalue weighted by molar-refractivity contribution is 5.93. The summed E-state index contributed by atoms with van der Waals surface area (Å²) in [5, 5.41) is 17.4. The van der Waals surface area contributed by atoms with E-state index in [1.807, 2.05) is 74.2 Å². The Morgan fingerprint density at radius 2 is 1.76 bits per heavy atom. The van der Waals surface area contributed by atoms with Crippen molar-refractivity contribution in [3.63, 3.8) is 0 Å². The Bertz CT molecular complexity index is 917. The van der Waals surface area contributed by atoms with Crippen LogP contribution >= 0.6 is 0 Å². The molecule has 1 saturated heterocycles. The van der Waals surface area contributed by atoms with Crippen molar-refractivity contribution < 1.29 is 19.5 Å². The fourth-order valence-corrected chi connectivity index (χ4v) is 4.20. The molecule has 8 heteroatoms. The number of piperazine rings is 1. The molecule has 0 saturated carbocycles. The average Bonchev–Trinajstić information content (AvgIpc) is 2.80. The summed E-state index contributed by atoms with van der Waals surface area (Å²) in [4.78, 5) is 27.3. The van der Waals surface area contributed by atoms with Crippen LogP contribution in [-0.4, -0.2) is 59.0 Å². The standard InChI is InChI=1S/C25H34N4O4/c1-4-9-21-24(27-25(31)33-17-20-12-6-5-7-13-20)29(32)15-14-28(21)16-22(30)26-23-18(2)10-8-11-19(23)3/h5-8,10-13,21,24,32H,4,9,14-17H2,1-3H3,(H,26,30)(H,27,31). The lowest BCUT2D eigenvalue weighted by atomic mass is 10.0. The number of para-hydroxylation sites is 1. The largest absolute Gasteiger partial charge is 0.445 e. The zero-order chi connectivity index (χ0) is 23.8. The minimum atomic E-state index is -0.671. The first-order valence-electron chi connectivity index (χ1n) is 11.4. The predicted octanol–water partition coefficient (Wildman–Crippen LogP) is 3.67. The average molecular weight is 455 g/mol. The number of carbonyl (C=O) groups is 2. The number of hydroxylamine groups is 2. The summed E-state index contributed by atoms with van der Waals surface area (Å²) in [7, 11) is 0. The molecule has 0 spiro atoms. The Balaban J connectivity index is 1.63. The second-order valence-electron chi connectivity index (χ2n) is 8.46. The number of benzene rings is 2. The zero-order valence-corrected chi connectivity index (χ0v) is 19.6. The van der Waals surface area contributed by atoms with Gasteiger partial charge >= 0.3 is 6.09 Å². The summed E-state index contributed by atoms with van der Waals surface area (Å²) in [6.45, 7) is 7.10. The summed E-state index contributed by atoms with van der Waals surface area (Å²) in [6, 6.07) is 15.1. The summed E-state index contributed by atoms with van der Waals surface area (Å²) in [6.07, 6.45) is 0.267. The number of ether oxygens (including phenoxy) is 1. The summed E-state index contributed by atoms with van der Waals surface area (Å²) < 4.78 is 5.34. The van der Waals surface area contributed by atoms with Crippen LogP contribution in [0.2, 0.25) is 0 Å². The van der Waals surface area contributed by atoms with Crippen LogP contribution in [-0.2, 0) is 16.1 Å². The molecular formula is C25H34N4O4. The van der Waals surface area contributed by atoms with Gasteiger partial charge in [-0.1, -0.05) is 61.9 Å². The third-order valence-corrected chi connectivity index (χ3v) is 5.93. The number of aryl methyl sites for hydroxylation is 2. The van der Waals surface area contributed by atoms with Crippen LogP contribution in [0.15, 0.2) is 48.5 Å². The second-order valence-corrected chi connectivity index (χ2v) is 8.46. The first-order valence-corrected chi connectivity index (χ1v) is 11.4. The van der Waals surface area contributed by atoms with Crippen molar-refractivity contribution in [1.82, 2.24) is 15.3 Å². The molecule has 2 atom stereocenters. The highest BCUT2D eigenvalue weighted by Gasteiger charge is 2.37. The SMILES string of the molecule is CCCC1C(NC(=O)OCc2ccccc2)N(O)CCN1CC(=O)Nc1c(C)cccc1C. The molecule has 8 nitrogen and oxygen atoms in total. The van der Waals surface area contributed by atoms with E-state index < -0.39 is 12.3 Å². The predicted molar refractivity (Wildman–Crippen MR) is 127 cm³/mol. The van der Waals surface area contributed by atoms with Crippen molar-refractivity contribution in [1.29, 1.82) is 0 Å². The molecule has 1 fully saturated rings. The number of rotatable bonds is 8. The summed E-state index contributed by atoms with van der Waals surface area (Å²) in [5.74, 6) is -0.120. The maximum atomic E-state index is 12.9. The number of hydrogen-bond donors (Lipinski definition) is 3. The Hall–Kier alpha value is -2.94. The van der Waals surface area contributed by atoms with Crippen LogP contribution in [0.1, 0.15) is 36.5 Å². The fourth-order valence-electron chi connectivity index (χ4n) is 4.20. The van der Waals surface area contributed by atoms with Gasteiger partial charge in [-0.3, -0.25) is 9.69 Å². The van der Waals surface area contributed by atoms with Gasteiger partial charge in [0.2, 0.25) is 5.91 Å². The number of hydrogen-bond acceptors (Lipinski definition) is 6. The van der Waals surface area contributed by atoms with Gasteiger partial charge in [0.05, 0.1) is 6.54 Å². The summed E-state index contributed by atoms with van der Waals surface area (Å²) >= 11 is 0. The molecule has 2 unspecified atom stereocenters. The number of carbonyl (C=O) groups excluding carboxylic acids is 2. The number of alkyl carbamates (subject to hydrolysis) is 1. The molecule has 0 bridgehead atoms. The highest BCUT2D eigenvalue weighted by atomic mass is 16.6. The molecule has 3 N–H and O–H groups in total. The van der Waals surface area contributed by atoms with E-state index in [-0.39, 0.29) is 25.1 Å². The number of anilines is 1. The van der Waals surface area contributed by atoms with E-state index in [1.165, 1.54) is 0 Å². The lowest BCUT2D eigenvalue weighted by Gasteiger charge is -2.44. The van der Waals surface area contributed by atoms with Crippen molar-refractivity contribution in [3.05, 3.63) is 65.2 Å². The van der Waals surface area contributed by atoms with Gasteiger partial charge < -0.3 is 20.6 Å². The van der Waals surface area contributed by atoms with Gasteiger partial charge in [-0.2, -0.15) is 5.06 Å². The Labute approximate surface area is 195 Å². The minimum Gasteiger partial charge on any atom is -0.445 e. The smallest absolute Gasteiger partial charge is 0.408 e. The highest BCUT2D eigenvalue weighted by Crippen LogP contribution is 2.22. The van der Waals surface area contributed by atoms with Gasteiger partial charge in [-0.05, 0) is 37.0 Å². The molecule has 0 radical (unpaired) electrons. The molecule has 1 heterocycles. The molecule has 1 aliphatic heterocycles. The second kappa shape index (κ2) is 11.8. The lowest BCUT2D eigenvalue weighted by molar-refractivity contribution is -0.182. The first-order chi connectivity index (χ1) is 15.9. The van der Waals surface area contributed by atoms with Crippen molar-refractivity contribution in [2.45, 2.75) is 52.4 Å². The van der Waals surface area contributed by atoms with Gasteiger partial charge in [0.25, 0.3) is 0 Å². The van der Waals surface area contributed by atoms with Crippen LogP contribution in [0, 0.1) is 13.8 Å². The van der Waals surface area contributed by atoms with Crippen molar-refractivity contribution in [2.75, 3.05) is 25.0 Å².